The van der Waals surface area contributed by atoms with Gasteiger partial charge in [0, 0.05) is 0 Å². The average molecular weight is 226 g/mol. The highest BCUT2D eigenvalue weighted by atomic mass is 16.1. The van der Waals surface area contributed by atoms with Crippen LogP contribution in [0.2, 0.25) is 0 Å². The van der Waals surface area contributed by atoms with Crippen molar-refractivity contribution in [1.29, 1.82) is 0 Å². The number of carbonyl (C=O) groups is 1. The first-order valence-electron chi connectivity index (χ1n) is 6.94. The smallest absolute Gasteiger partial charge is 0.178 e. The molecule has 4 fully saturated rings. The molecule has 0 aromatic carbocycles. The third-order valence-electron chi connectivity index (χ3n) is 5.21. The number of ketones is 1. The average Bonchev–Trinajstić information content (AvgIpc) is 2.30. The highest BCUT2D eigenvalue weighted by molar-refractivity contribution is 6.01. The molecule has 0 atom stereocenters. The first-order chi connectivity index (χ1) is 8.29. The Bertz CT molecular complexity index is 416. The molecule has 4 bridgehead atoms. The molecule has 17 heavy (non-hydrogen) atoms. The molecule has 4 saturated carbocycles. The molecule has 0 aromatic rings. The minimum Gasteiger partial charge on any atom is -0.290 e. The molecule has 1 nitrogen and oxygen atoms in total. The molecule has 1 heteroatoms. The summed E-state index contributed by atoms with van der Waals surface area (Å²) in [5.74, 6) is 3.84. The summed E-state index contributed by atoms with van der Waals surface area (Å²) < 4.78 is 0. The molecule has 88 valence electrons. The van der Waals surface area contributed by atoms with Crippen LogP contribution in [0.5, 0.6) is 0 Å². The summed E-state index contributed by atoms with van der Waals surface area (Å²) >= 11 is 0. The van der Waals surface area contributed by atoms with Gasteiger partial charge in [0.25, 0.3) is 0 Å². The Morgan fingerprint density at radius 1 is 0.765 bits per heavy atom. The summed E-state index contributed by atoms with van der Waals surface area (Å²) in [6.45, 7) is 0. The van der Waals surface area contributed by atoms with Crippen LogP contribution >= 0.6 is 0 Å². The fraction of sp³-hybridized carbons (Fsp3) is 0.562. The predicted molar refractivity (Wildman–Crippen MR) is 67.4 cm³/mol. The second kappa shape index (κ2) is 3.44. The second-order valence-corrected chi connectivity index (χ2v) is 6.28. The third kappa shape index (κ3) is 1.48. The highest BCUT2D eigenvalue weighted by Crippen LogP contribution is 2.57. The van der Waals surface area contributed by atoms with Crippen LogP contribution < -0.4 is 0 Å². The molecular weight excluding hydrogens is 208 g/mol. The molecule has 0 heterocycles. The molecule has 5 aliphatic carbocycles. The lowest BCUT2D eigenvalue weighted by Crippen LogP contribution is -2.40. The van der Waals surface area contributed by atoms with Gasteiger partial charge in [0.1, 0.15) is 0 Å². The summed E-state index contributed by atoms with van der Waals surface area (Å²) in [4.78, 5) is 11.2. The lowest BCUT2D eigenvalue weighted by atomic mass is 9.53. The number of hydrogen-bond acceptors (Lipinski definition) is 1. The van der Waals surface area contributed by atoms with Crippen molar-refractivity contribution in [2.75, 3.05) is 0 Å². The van der Waals surface area contributed by atoms with Crippen LogP contribution in [0, 0.1) is 23.7 Å². The second-order valence-electron chi connectivity index (χ2n) is 6.28. The molecule has 0 spiro atoms. The van der Waals surface area contributed by atoms with Crippen molar-refractivity contribution in [1.82, 2.24) is 0 Å². The van der Waals surface area contributed by atoms with Gasteiger partial charge >= 0.3 is 0 Å². The summed E-state index contributed by atoms with van der Waals surface area (Å²) in [5, 5.41) is 0. The Morgan fingerprint density at radius 2 is 1.29 bits per heavy atom. The van der Waals surface area contributed by atoms with E-state index in [0.717, 1.165) is 23.7 Å². The van der Waals surface area contributed by atoms with E-state index in [0.29, 0.717) is 0 Å². The van der Waals surface area contributed by atoms with E-state index in [9.17, 15) is 4.79 Å². The Hall–Kier alpha value is -1.11. The van der Waals surface area contributed by atoms with Crippen LogP contribution in [0.3, 0.4) is 0 Å². The molecule has 0 aliphatic heterocycles. The predicted octanol–water partition coefficient (Wildman–Crippen LogP) is 3.43. The molecule has 0 amide bonds. The number of carbonyl (C=O) groups excluding carboxylic acids is 1. The molecule has 5 rings (SSSR count). The van der Waals surface area contributed by atoms with Crippen molar-refractivity contribution < 1.29 is 4.79 Å². The van der Waals surface area contributed by atoms with Gasteiger partial charge < -0.3 is 0 Å². The largest absolute Gasteiger partial charge is 0.290 e. The molecular formula is C16H18O. The zero-order valence-electron chi connectivity index (χ0n) is 10.1. The van der Waals surface area contributed by atoms with Crippen molar-refractivity contribution >= 4 is 5.78 Å². The van der Waals surface area contributed by atoms with Gasteiger partial charge in [0.2, 0.25) is 0 Å². The van der Waals surface area contributed by atoms with Crippen LogP contribution in [0.1, 0.15) is 32.1 Å². The van der Waals surface area contributed by atoms with E-state index in [1.807, 2.05) is 0 Å². The number of allylic oxidation sites excluding steroid dienone is 6. The van der Waals surface area contributed by atoms with Gasteiger partial charge in [-0.25, -0.2) is 0 Å². The topological polar surface area (TPSA) is 17.1 Å². The zero-order valence-corrected chi connectivity index (χ0v) is 10.1. The van der Waals surface area contributed by atoms with Gasteiger partial charge in [0.05, 0.1) is 0 Å². The normalized spacial score (nSPS) is 42.7. The highest BCUT2D eigenvalue weighted by Gasteiger charge is 2.45. The summed E-state index contributed by atoms with van der Waals surface area (Å²) in [5.41, 5.74) is 3.05. The standard InChI is InChI=1S/C16H18O/c17-15-3-1-12(2-4-15)16-13-6-10-5-11(8-13)9-14(16)7-10/h1-4,10-11,13-14H,5-9H2. The van der Waals surface area contributed by atoms with E-state index >= 15 is 0 Å². The van der Waals surface area contributed by atoms with Gasteiger partial charge in [-0.2, -0.15) is 0 Å². The van der Waals surface area contributed by atoms with Crippen LogP contribution in [0.4, 0.5) is 0 Å². The fourth-order valence-electron chi connectivity index (χ4n) is 4.81. The Balaban J connectivity index is 1.75. The lowest BCUT2D eigenvalue weighted by molar-refractivity contribution is -0.110. The zero-order chi connectivity index (χ0) is 11.4. The van der Waals surface area contributed by atoms with Crippen LogP contribution in [-0.4, -0.2) is 5.78 Å². The minimum absolute atomic E-state index is 0.137. The van der Waals surface area contributed by atoms with Gasteiger partial charge in [-0.15, -0.1) is 0 Å². The van der Waals surface area contributed by atoms with Crippen molar-refractivity contribution in [2.24, 2.45) is 23.7 Å². The summed E-state index contributed by atoms with van der Waals surface area (Å²) in [7, 11) is 0. The monoisotopic (exact) mass is 226 g/mol. The van der Waals surface area contributed by atoms with E-state index in [2.05, 4.69) is 12.2 Å². The van der Waals surface area contributed by atoms with Gasteiger partial charge in [-0.05, 0) is 73.5 Å². The van der Waals surface area contributed by atoms with E-state index in [4.69, 9.17) is 0 Å². The van der Waals surface area contributed by atoms with Crippen LogP contribution in [-0.2, 0) is 4.79 Å². The Labute approximate surface area is 102 Å². The van der Waals surface area contributed by atoms with Crippen LogP contribution in [0.25, 0.3) is 0 Å². The molecule has 0 radical (unpaired) electrons. The summed E-state index contributed by atoms with van der Waals surface area (Å²) in [6.07, 6.45) is 14.7. The van der Waals surface area contributed by atoms with Crippen molar-refractivity contribution in [2.45, 2.75) is 32.1 Å². The van der Waals surface area contributed by atoms with Crippen molar-refractivity contribution in [3.05, 3.63) is 35.5 Å². The molecule has 0 aromatic heterocycles. The Kier molecular flexibility index (Phi) is 2.00. The molecule has 0 N–H and O–H groups in total. The molecule has 0 saturated heterocycles. The van der Waals surface area contributed by atoms with E-state index in [1.165, 1.54) is 37.7 Å². The lowest BCUT2D eigenvalue weighted by Gasteiger charge is -2.52. The van der Waals surface area contributed by atoms with Crippen molar-refractivity contribution in [3.63, 3.8) is 0 Å². The summed E-state index contributed by atoms with van der Waals surface area (Å²) in [6, 6.07) is 0. The van der Waals surface area contributed by atoms with Crippen molar-refractivity contribution in [3.8, 4) is 0 Å². The van der Waals surface area contributed by atoms with E-state index in [1.54, 1.807) is 17.7 Å². The quantitative estimate of drug-likeness (QED) is 0.618. The molecule has 5 aliphatic rings. The maximum Gasteiger partial charge on any atom is 0.178 e. The molecule has 0 unspecified atom stereocenters. The third-order valence-corrected chi connectivity index (χ3v) is 5.21. The van der Waals surface area contributed by atoms with Gasteiger partial charge in [0.15, 0.2) is 5.78 Å². The van der Waals surface area contributed by atoms with Crippen LogP contribution in [0.15, 0.2) is 35.5 Å². The van der Waals surface area contributed by atoms with Gasteiger partial charge in [-0.1, -0.05) is 17.7 Å². The number of hydrogen-bond donors (Lipinski definition) is 0. The maximum atomic E-state index is 11.2. The van der Waals surface area contributed by atoms with E-state index in [-0.39, 0.29) is 5.78 Å². The van der Waals surface area contributed by atoms with Gasteiger partial charge in [-0.3, -0.25) is 4.79 Å². The fourth-order valence-corrected chi connectivity index (χ4v) is 4.81. The first-order valence-corrected chi connectivity index (χ1v) is 6.94. The van der Waals surface area contributed by atoms with E-state index < -0.39 is 0 Å². The minimum atomic E-state index is 0.137. The Morgan fingerprint density at radius 3 is 1.82 bits per heavy atom. The number of rotatable bonds is 0. The first kappa shape index (κ1) is 9.87. The maximum absolute atomic E-state index is 11.2. The SMILES string of the molecule is O=C1C=CC(=C2C3CC4CC(C3)CC2C4)C=C1.